The fraction of sp³-hybridized carbons (Fsp3) is 0.588. The second-order valence-electron chi connectivity index (χ2n) is 7.08. The third kappa shape index (κ3) is 4.19. The minimum Gasteiger partial charge on any atom is -0.356 e. The summed E-state index contributed by atoms with van der Waals surface area (Å²) in [7, 11) is -4.01. The van der Waals surface area contributed by atoms with Gasteiger partial charge in [0.05, 0.1) is 11.4 Å². The summed E-state index contributed by atoms with van der Waals surface area (Å²) >= 11 is 0. The van der Waals surface area contributed by atoms with Crippen molar-refractivity contribution in [3.05, 3.63) is 29.7 Å². The van der Waals surface area contributed by atoms with Gasteiger partial charge in [-0.2, -0.15) is 8.42 Å². The van der Waals surface area contributed by atoms with Gasteiger partial charge in [-0.3, -0.25) is 9.45 Å². The molecular weight excluding hydrogens is 347 g/mol. The zero-order chi connectivity index (χ0) is 18.2. The molecule has 3 rings (SSSR count). The number of aromatic nitrogens is 1. The molecule has 0 aliphatic carbocycles. The Morgan fingerprint density at radius 3 is 2.64 bits per heavy atom. The molecule has 1 fully saturated rings. The van der Waals surface area contributed by atoms with Crippen molar-refractivity contribution in [1.82, 2.24) is 10.1 Å². The minimum absolute atomic E-state index is 0.120. The molecule has 0 bridgehead atoms. The van der Waals surface area contributed by atoms with E-state index >= 15 is 0 Å². The number of fused-ring (bicyclic) bond motifs is 1. The monoisotopic (exact) mass is 370 g/mol. The summed E-state index contributed by atoms with van der Waals surface area (Å²) in [5.41, 5.74) is 1.29. The zero-order valence-electron chi connectivity index (χ0n) is 14.4. The molecular formula is C17H23FN2O4S. The van der Waals surface area contributed by atoms with Crippen LogP contribution in [0.5, 0.6) is 0 Å². The number of rotatable bonds is 5. The Bertz CT molecular complexity index is 841. The van der Waals surface area contributed by atoms with Gasteiger partial charge < -0.3 is 4.52 Å². The van der Waals surface area contributed by atoms with Gasteiger partial charge in [-0.1, -0.05) is 19.0 Å². The Labute approximate surface area is 146 Å². The van der Waals surface area contributed by atoms with E-state index in [0.29, 0.717) is 5.58 Å². The first-order chi connectivity index (χ1) is 11.7. The van der Waals surface area contributed by atoms with Crippen LogP contribution in [0.4, 0.5) is 4.39 Å². The van der Waals surface area contributed by atoms with Gasteiger partial charge in [0, 0.05) is 23.4 Å². The van der Waals surface area contributed by atoms with Crippen molar-refractivity contribution in [1.29, 1.82) is 0 Å². The molecule has 0 radical (unpaired) electrons. The Morgan fingerprint density at radius 1 is 1.36 bits per heavy atom. The second-order valence-corrected chi connectivity index (χ2v) is 8.58. The highest BCUT2D eigenvalue weighted by Gasteiger charge is 2.32. The Kier molecular flexibility index (Phi) is 5.13. The van der Waals surface area contributed by atoms with Crippen LogP contribution in [0.15, 0.2) is 22.7 Å². The van der Waals surface area contributed by atoms with E-state index in [2.05, 4.69) is 10.1 Å². The zero-order valence-corrected chi connectivity index (χ0v) is 15.2. The van der Waals surface area contributed by atoms with E-state index in [-0.39, 0.29) is 29.4 Å². The van der Waals surface area contributed by atoms with E-state index in [4.69, 9.17) is 4.52 Å². The maximum absolute atomic E-state index is 13.3. The van der Waals surface area contributed by atoms with Gasteiger partial charge in [-0.25, -0.2) is 4.39 Å². The van der Waals surface area contributed by atoms with E-state index < -0.39 is 10.1 Å². The van der Waals surface area contributed by atoms with Crippen molar-refractivity contribution in [2.24, 2.45) is 5.92 Å². The van der Waals surface area contributed by atoms with E-state index in [1.165, 1.54) is 12.1 Å². The largest absolute Gasteiger partial charge is 0.356 e. The predicted octanol–water partition coefficient (Wildman–Crippen LogP) is 3.06. The summed E-state index contributed by atoms with van der Waals surface area (Å²) in [6, 6.07) is 4.22. The summed E-state index contributed by atoms with van der Waals surface area (Å²) in [6.45, 7) is 5.36. The van der Waals surface area contributed by atoms with Crippen LogP contribution in [0.1, 0.15) is 38.3 Å². The van der Waals surface area contributed by atoms with Crippen molar-refractivity contribution >= 4 is 21.1 Å². The molecule has 1 N–H and O–H groups in total. The number of halogens is 1. The highest BCUT2D eigenvalue weighted by Crippen LogP contribution is 2.34. The minimum atomic E-state index is -4.01. The van der Waals surface area contributed by atoms with Crippen molar-refractivity contribution in [2.75, 3.05) is 18.8 Å². The molecule has 138 valence electrons. The molecule has 0 spiro atoms. The van der Waals surface area contributed by atoms with Gasteiger partial charge in [0.1, 0.15) is 5.82 Å². The SMILES string of the molecule is CC(C)C(CS(=O)(=O)O)N1CCC(c2noc3cc(F)ccc23)CC1. The lowest BCUT2D eigenvalue weighted by atomic mass is 9.90. The fourth-order valence-corrected chi connectivity index (χ4v) is 4.69. The standard InChI is InChI=1S/C17H23FN2O4S/c1-11(2)15(10-25(21,22)23)20-7-5-12(6-8-20)17-14-4-3-13(18)9-16(14)24-19-17/h3-4,9,11-12,15H,5-8,10H2,1-2H3,(H,21,22,23). The van der Waals surface area contributed by atoms with Crippen molar-refractivity contribution in [3.8, 4) is 0 Å². The van der Waals surface area contributed by atoms with Gasteiger partial charge >= 0.3 is 0 Å². The number of hydrogen-bond acceptors (Lipinski definition) is 5. The van der Waals surface area contributed by atoms with Crippen LogP contribution in [0.25, 0.3) is 11.0 Å². The molecule has 25 heavy (non-hydrogen) atoms. The van der Waals surface area contributed by atoms with Gasteiger partial charge in [-0.05, 0) is 44.0 Å². The summed E-state index contributed by atoms with van der Waals surface area (Å²) < 4.78 is 50.3. The van der Waals surface area contributed by atoms with E-state index in [9.17, 15) is 17.4 Å². The first kappa shape index (κ1) is 18.3. The van der Waals surface area contributed by atoms with Gasteiger partial charge in [0.2, 0.25) is 0 Å². The van der Waals surface area contributed by atoms with Crippen LogP contribution >= 0.6 is 0 Å². The maximum Gasteiger partial charge on any atom is 0.266 e. The van der Waals surface area contributed by atoms with E-state index in [1.807, 2.05) is 13.8 Å². The number of likely N-dealkylation sites (tertiary alicyclic amines) is 1. The molecule has 0 amide bonds. The topological polar surface area (TPSA) is 83.6 Å². The van der Waals surface area contributed by atoms with Crippen LogP contribution in [-0.2, 0) is 10.1 Å². The molecule has 1 aromatic heterocycles. The van der Waals surface area contributed by atoms with Crippen molar-refractivity contribution < 1.29 is 21.9 Å². The average Bonchev–Trinajstić information content (AvgIpc) is 2.94. The molecule has 2 aromatic rings. The lowest BCUT2D eigenvalue weighted by Crippen LogP contribution is -2.47. The maximum atomic E-state index is 13.3. The highest BCUT2D eigenvalue weighted by molar-refractivity contribution is 7.85. The quantitative estimate of drug-likeness (QED) is 0.815. The Morgan fingerprint density at radius 2 is 2.04 bits per heavy atom. The molecule has 1 atom stereocenters. The third-order valence-electron chi connectivity index (χ3n) is 5.00. The summed E-state index contributed by atoms with van der Waals surface area (Å²) in [4.78, 5) is 2.12. The molecule has 2 heterocycles. The van der Waals surface area contributed by atoms with Crippen LogP contribution in [-0.4, -0.2) is 47.9 Å². The smallest absolute Gasteiger partial charge is 0.266 e. The average molecular weight is 370 g/mol. The number of benzene rings is 1. The number of piperidine rings is 1. The third-order valence-corrected chi connectivity index (χ3v) is 5.76. The molecule has 1 saturated heterocycles. The summed E-state index contributed by atoms with van der Waals surface area (Å²) in [5.74, 6) is -0.285. The molecule has 8 heteroatoms. The van der Waals surface area contributed by atoms with Crippen LogP contribution < -0.4 is 0 Å². The molecule has 1 unspecified atom stereocenters. The molecule has 0 saturated carbocycles. The molecule has 6 nitrogen and oxygen atoms in total. The lowest BCUT2D eigenvalue weighted by Gasteiger charge is -2.38. The Hall–Kier alpha value is -1.51. The Balaban J connectivity index is 1.72. The normalized spacial score (nSPS) is 18.9. The van der Waals surface area contributed by atoms with Crippen molar-refractivity contribution in [3.63, 3.8) is 0 Å². The first-order valence-corrected chi connectivity index (χ1v) is 10.1. The predicted molar refractivity (Wildman–Crippen MR) is 92.6 cm³/mol. The molecule has 1 aromatic carbocycles. The van der Waals surface area contributed by atoms with Crippen LogP contribution in [0.3, 0.4) is 0 Å². The molecule has 1 aliphatic rings. The fourth-order valence-electron chi connectivity index (χ4n) is 3.67. The summed E-state index contributed by atoms with van der Waals surface area (Å²) in [6.07, 6.45) is 1.63. The summed E-state index contributed by atoms with van der Waals surface area (Å²) in [5, 5.41) is 4.96. The van der Waals surface area contributed by atoms with E-state index in [0.717, 1.165) is 37.0 Å². The molecule has 1 aliphatic heterocycles. The van der Waals surface area contributed by atoms with Gasteiger partial charge in [0.25, 0.3) is 10.1 Å². The van der Waals surface area contributed by atoms with Crippen LogP contribution in [0.2, 0.25) is 0 Å². The lowest BCUT2D eigenvalue weighted by molar-refractivity contribution is 0.130. The van der Waals surface area contributed by atoms with E-state index in [1.54, 1.807) is 6.07 Å². The van der Waals surface area contributed by atoms with Crippen LogP contribution in [0, 0.1) is 11.7 Å². The second kappa shape index (κ2) is 7.01. The first-order valence-electron chi connectivity index (χ1n) is 8.48. The highest BCUT2D eigenvalue weighted by atomic mass is 32.2. The number of nitrogens with zero attached hydrogens (tertiary/aromatic N) is 2. The van der Waals surface area contributed by atoms with Gasteiger partial charge in [0.15, 0.2) is 5.58 Å². The van der Waals surface area contributed by atoms with Crippen molar-refractivity contribution in [2.45, 2.75) is 38.6 Å². The number of hydrogen-bond donors (Lipinski definition) is 1. The van der Waals surface area contributed by atoms with Gasteiger partial charge in [-0.15, -0.1) is 0 Å².